The lowest BCUT2D eigenvalue weighted by Crippen LogP contribution is -2.30. The third kappa shape index (κ3) is 5.16. The maximum atomic E-state index is 6.12. The Morgan fingerprint density at radius 3 is 1.93 bits per heavy atom. The third-order valence-corrected chi connectivity index (χ3v) is 6.60. The van der Waals surface area contributed by atoms with Crippen LogP contribution in [0, 0.1) is 0 Å². The van der Waals surface area contributed by atoms with Crippen LogP contribution in [-0.4, -0.2) is 45.8 Å². The van der Waals surface area contributed by atoms with Crippen molar-refractivity contribution in [3.05, 3.63) is 70.5 Å². The van der Waals surface area contributed by atoms with Crippen LogP contribution in [0.1, 0.15) is 24.5 Å². The van der Waals surface area contributed by atoms with Crippen LogP contribution in [0.5, 0.6) is 0 Å². The van der Waals surface area contributed by atoms with E-state index in [0.717, 1.165) is 54.1 Å². The van der Waals surface area contributed by atoms with E-state index in [1.807, 2.05) is 54.7 Å². The van der Waals surface area contributed by atoms with Crippen LogP contribution in [0.25, 0.3) is 22.5 Å². The minimum Gasteiger partial charge on any atom is -0.252 e. The van der Waals surface area contributed by atoms with Crippen LogP contribution in [0.3, 0.4) is 0 Å². The fraction of sp³-hybridized carbons (Fsp3) is 0.304. The summed E-state index contributed by atoms with van der Waals surface area (Å²) in [6.07, 6.45) is 4.11. The maximum Gasteiger partial charge on any atom is 0.0968 e. The first-order chi connectivity index (χ1) is 14.5. The highest BCUT2D eigenvalue weighted by Gasteiger charge is 2.24. The van der Waals surface area contributed by atoms with Gasteiger partial charge in [-0.3, -0.25) is 4.98 Å². The van der Waals surface area contributed by atoms with E-state index >= 15 is 0 Å². The van der Waals surface area contributed by atoms with Crippen molar-refractivity contribution in [2.24, 2.45) is 0 Å². The second-order valence-electron chi connectivity index (χ2n) is 7.60. The number of nitrogens with zero attached hydrogens (tertiary/aromatic N) is 4. The molecule has 0 atom stereocenters. The summed E-state index contributed by atoms with van der Waals surface area (Å²) in [6, 6.07) is 15.6. The Labute approximate surface area is 192 Å². The molecule has 7 heteroatoms. The summed E-state index contributed by atoms with van der Waals surface area (Å²) in [5.74, 6) is 0.418. The van der Waals surface area contributed by atoms with E-state index < -0.39 is 0 Å². The van der Waals surface area contributed by atoms with E-state index in [1.165, 1.54) is 0 Å². The number of rotatable bonds is 5. The van der Waals surface area contributed by atoms with Crippen molar-refractivity contribution in [1.82, 2.24) is 18.6 Å². The van der Waals surface area contributed by atoms with Gasteiger partial charge < -0.3 is 0 Å². The number of hydrogen-bond donors (Lipinski definition) is 0. The number of piperidine rings is 1. The van der Waals surface area contributed by atoms with Crippen LogP contribution < -0.4 is 0 Å². The molecule has 156 valence electrons. The van der Waals surface area contributed by atoms with Gasteiger partial charge in [-0.1, -0.05) is 47.5 Å². The molecule has 1 aliphatic heterocycles. The van der Waals surface area contributed by atoms with Crippen molar-refractivity contribution in [3.63, 3.8) is 0 Å². The van der Waals surface area contributed by atoms with Crippen LogP contribution in [0.2, 0.25) is 10.0 Å². The summed E-state index contributed by atoms with van der Waals surface area (Å²) < 4.78 is 4.55. The molecule has 0 amide bonds. The van der Waals surface area contributed by atoms with Gasteiger partial charge in [0.25, 0.3) is 0 Å². The summed E-state index contributed by atoms with van der Waals surface area (Å²) >= 11 is 14.0. The molecule has 0 radical (unpaired) electrons. The lowest BCUT2D eigenvalue weighted by molar-refractivity contribution is 0.335. The van der Waals surface area contributed by atoms with Gasteiger partial charge in [-0.05, 0) is 51.2 Å². The zero-order chi connectivity index (χ0) is 21.1. The van der Waals surface area contributed by atoms with Gasteiger partial charge in [-0.15, -0.1) is 0 Å². The first kappa shape index (κ1) is 21.6. The molecule has 2 aromatic carbocycles. The predicted molar refractivity (Wildman–Crippen MR) is 128 cm³/mol. The molecule has 0 N–H and O–H groups in total. The number of halogens is 2. The van der Waals surface area contributed by atoms with E-state index in [0.29, 0.717) is 16.0 Å². The topological polar surface area (TPSA) is 32.3 Å². The standard InChI is InChI=1S/C23H24Cl2N4S/c1-28(2)30-29-13-11-16(12-14-29)21-15-26-22(17-3-7-19(24)8-4-17)23(27-21)18-5-9-20(25)10-6-18/h3-10,15-16H,11-14H2,1-2H3. The largest absolute Gasteiger partial charge is 0.252 e. The van der Waals surface area contributed by atoms with Crippen LogP contribution in [-0.2, 0) is 0 Å². The van der Waals surface area contributed by atoms with Crippen molar-refractivity contribution in [2.45, 2.75) is 18.8 Å². The number of hydrogen-bond acceptors (Lipinski definition) is 5. The normalized spacial score (nSPS) is 15.6. The lowest BCUT2D eigenvalue weighted by atomic mass is 9.94. The van der Waals surface area contributed by atoms with Gasteiger partial charge in [0.2, 0.25) is 0 Å². The molecule has 1 aliphatic rings. The Morgan fingerprint density at radius 1 is 0.867 bits per heavy atom. The molecule has 1 aromatic heterocycles. The Kier molecular flexibility index (Phi) is 6.96. The van der Waals surface area contributed by atoms with Crippen molar-refractivity contribution in [3.8, 4) is 22.5 Å². The SMILES string of the molecule is CN(C)SN1CCC(c2cnc(-c3ccc(Cl)cc3)c(-c3ccc(Cl)cc3)n2)CC1. The molecular weight excluding hydrogens is 435 g/mol. The van der Waals surface area contributed by atoms with Gasteiger partial charge >= 0.3 is 0 Å². The summed E-state index contributed by atoms with van der Waals surface area (Å²) in [5.41, 5.74) is 4.82. The minimum atomic E-state index is 0.418. The number of aromatic nitrogens is 2. The smallest absolute Gasteiger partial charge is 0.0968 e. The molecule has 0 spiro atoms. The second-order valence-corrected chi connectivity index (χ2v) is 9.89. The third-order valence-electron chi connectivity index (χ3n) is 5.18. The first-order valence-electron chi connectivity index (χ1n) is 9.99. The van der Waals surface area contributed by atoms with Gasteiger partial charge in [-0.2, -0.15) is 0 Å². The average Bonchev–Trinajstić information content (AvgIpc) is 2.75. The number of benzene rings is 2. The summed E-state index contributed by atoms with van der Waals surface area (Å²) in [7, 11) is 4.16. The summed E-state index contributed by atoms with van der Waals surface area (Å²) in [5, 5.41) is 1.42. The molecule has 30 heavy (non-hydrogen) atoms. The fourth-order valence-electron chi connectivity index (χ4n) is 3.69. The summed E-state index contributed by atoms with van der Waals surface area (Å²) in [6.45, 7) is 2.09. The maximum absolute atomic E-state index is 6.12. The van der Waals surface area contributed by atoms with E-state index in [2.05, 4.69) is 22.7 Å². The van der Waals surface area contributed by atoms with Crippen molar-refractivity contribution < 1.29 is 0 Å². The highest BCUT2D eigenvalue weighted by atomic mass is 35.5. The molecule has 4 nitrogen and oxygen atoms in total. The van der Waals surface area contributed by atoms with Crippen molar-refractivity contribution in [2.75, 3.05) is 27.2 Å². The predicted octanol–water partition coefficient (Wildman–Crippen LogP) is 6.42. The van der Waals surface area contributed by atoms with Crippen molar-refractivity contribution in [1.29, 1.82) is 0 Å². The average molecular weight is 459 g/mol. The molecule has 4 rings (SSSR count). The van der Waals surface area contributed by atoms with E-state index in [9.17, 15) is 0 Å². The Morgan fingerprint density at radius 2 is 1.40 bits per heavy atom. The van der Waals surface area contributed by atoms with Gasteiger partial charge in [0.1, 0.15) is 0 Å². The molecule has 2 heterocycles. The highest BCUT2D eigenvalue weighted by molar-refractivity contribution is 7.94. The van der Waals surface area contributed by atoms with Gasteiger partial charge in [0, 0.05) is 58.5 Å². The Balaban J connectivity index is 1.66. The molecule has 1 saturated heterocycles. The van der Waals surface area contributed by atoms with Gasteiger partial charge in [0.15, 0.2) is 0 Å². The van der Waals surface area contributed by atoms with Crippen LogP contribution in [0.15, 0.2) is 54.7 Å². The Hall–Kier alpha value is -1.63. The second kappa shape index (κ2) is 9.67. The van der Waals surface area contributed by atoms with E-state index in [-0.39, 0.29) is 0 Å². The first-order valence-corrected chi connectivity index (χ1v) is 11.5. The quantitative estimate of drug-likeness (QED) is 0.411. The molecule has 0 aliphatic carbocycles. The monoisotopic (exact) mass is 458 g/mol. The molecular formula is C23H24Cl2N4S. The molecule has 3 aromatic rings. The molecule has 1 fully saturated rings. The van der Waals surface area contributed by atoms with Gasteiger partial charge in [-0.25, -0.2) is 13.6 Å². The Bertz CT molecular complexity index is 985. The van der Waals surface area contributed by atoms with E-state index in [4.69, 9.17) is 33.2 Å². The molecule has 0 saturated carbocycles. The fourth-order valence-corrected chi connectivity index (χ4v) is 4.78. The van der Waals surface area contributed by atoms with Crippen molar-refractivity contribution >= 4 is 35.3 Å². The lowest BCUT2D eigenvalue weighted by Gasteiger charge is -2.32. The zero-order valence-electron chi connectivity index (χ0n) is 17.1. The van der Waals surface area contributed by atoms with E-state index in [1.54, 1.807) is 12.1 Å². The zero-order valence-corrected chi connectivity index (χ0v) is 19.4. The minimum absolute atomic E-state index is 0.418. The molecule has 0 unspecified atom stereocenters. The van der Waals surface area contributed by atoms with Gasteiger partial charge in [0.05, 0.1) is 17.1 Å². The van der Waals surface area contributed by atoms with Crippen LogP contribution >= 0.6 is 35.3 Å². The van der Waals surface area contributed by atoms with Crippen LogP contribution in [0.4, 0.5) is 0 Å². The molecule has 0 bridgehead atoms. The highest BCUT2D eigenvalue weighted by Crippen LogP contribution is 2.35. The summed E-state index contributed by atoms with van der Waals surface area (Å²) in [4.78, 5) is 9.96.